The molecule has 9 heteroatoms. The summed E-state index contributed by atoms with van der Waals surface area (Å²) in [6.45, 7) is 1.26. The zero-order valence-electron chi connectivity index (χ0n) is 17.1. The van der Waals surface area contributed by atoms with E-state index in [1.807, 2.05) is 24.3 Å². The zero-order chi connectivity index (χ0) is 23.1. The number of nitro benzene ring substituents is 1. The van der Waals surface area contributed by atoms with Crippen molar-refractivity contribution in [3.63, 3.8) is 0 Å². The van der Waals surface area contributed by atoms with Crippen LogP contribution in [-0.2, 0) is 11.2 Å². The van der Waals surface area contributed by atoms with Crippen molar-refractivity contribution in [2.75, 3.05) is 6.61 Å². The summed E-state index contributed by atoms with van der Waals surface area (Å²) < 4.78 is 5.25. The van der Waals surface area contributed by atoms with E-state index in [0.29, 0.717) is 22.6 Å². The highest BCUT2D eigenvalue weighted by atomic mass is 35.5. The summed E-state index contributed by atoms with van der Waals surface area (Å²) in [5.41, 5.74) is 5.00. The van der Waals surface area contributed by atoms with E-state index < -0.39 is 17.4 Å². The number of benzene rings is 3. The van der Waals surface area contributed by atoms with E-state index in [0.717, 1.165) is 11.1 Å². The highest BCUT2D eigenvalue weighted by Crippen LogP contribution is 2.27. The number of aryl methyl sites for hydroxylation is 1. The van der Waals surface area contributed by atoms with E-state index in [1.165, 1.54) is 24.4 Å². The molecule has 0 aliphatic heterocycles. The molecule has 1 amide bonds. The van der Waals surface area contributed by atoms with Gasteiger partial charge in [-0.05, 0) is 54.3 Å². The maximum Gasteiger partial charge on any atom is 0.311 e. The van der Waals surface area contributed by atoms with Crippen molar-refractivity contribution in [2.24, 2.45) is 5.10 Å². The van der Waals surface area contributed by atoms with Gasteiger partial charge in [0.1, 0.15) is 5.75 Å². The van der Waals surface area contributed by atoms with Crippen LogP contribution in [0.5, 0.6) is 11.5 Å². The van der Waals surface area contributed by atoms with Gasteiger partial charge in [-0.25, -0.2) is 5.43 Å². The van der Waals surface area contributed by atoms with Gasteiger partial charge in [0.2, 0.25) is 0 Å². The van der Waals surface area contributed by atoms with Crippen molar-refractivity contribution in [1.82, 2.24) is 5.43 Å². The Morgan fingerprint density at radius 2 is 2.00 bits per heavy atom. The number of nitrogens with one attached hydrogen (secondary N) is 1. The average molecular weight is 454 g/mol. The van der Waals surface area contributed by atoms with E-state index in [4.69, 9.17) is 16.3 Å². The van der Waals surface area contributed by atoms with Gasteiger partial charge in [0.25, 0.3) is 5.91 Å². The Labute approximate surface area is 189 Å². The highest BCUT2D eigenvalue weighted by molar-refractivity contribution is 6.31. The molecule has 0 bridgehead atoms. The second-order valence-electron chi connectivity index (χ2n) is 6.97. The molecule has 0 radical (unpaired) electrons. The predicted molar refractivity (Wildman–Crippen MR) is 121 cm³/mol. The molecule has 0 aromatic heterocycles. The number of amides is 1. The maximum atomic E-state index is 12.0. The Hall–Kier alpha value is -3.91. The van der Waals surface area contributed by atoms with Crippen molar-refractivity contribution in [2.45, 2.75) is 13.3 Å². The zero-order valence-corrected chi connectivity index (χ0v) is 17.9. The Morgan fingerprint density at radius 3 is 2.75 bits per heavy atom. The molecule has 0 heterocycles. The molecular weight excluding hydrogens is 434 g/mol. The molecule has 0 saturated carbocycles. The van der Waals surface area contributed by atoms with E-state index in [2.05, 4.69) is 10.5 Å². The van der Waals surface area contributed by atoms with Gasteiger partial charge in [-0.1, -0.05) is 41.9 Å². The summed E-state index contributed by atoms with van der Waals surface area (Å²) in [5.74, 6) is -0.620. The third kappa shape index (κ3) is 6.05. The quantitative estimate of drug-likeness (QED) is 0.298. The van der Waals surface area contributed by atoms with Crippen LogP contribution in [0, 0.1) is 17.0 Å². The summed E-state index contributed by atoms with van der Waals surface area (Å²) in [5, 5.41) is 25.6. The third-order valence-corrected chi connectivity index (χ3v) is 4.88. The number of ether oxygens (including phenoxy) is 1. The lowest BCUT2D eigenvalue weighted by atomic mass is 10.0. The van der Waals surface area contributed by atoms with Crippen LogP contribution >= 0.6 is 11.6 Å². The molecule has 8 nitrogen and oxygen atoms in total. The number of hydrogen-bond acceptors (Lipinski definition) is 6. The summed E-state index contributed by atoms with van der Waals surface area (Å²) in [6, 6.07) is 17.0. The molecule has 0 fully saturated rings. The molecule has 2 N–H and O–H groups in total. The van der Waals surface area contributed by atoms with Crippen LogP contribution in [-0.4, -0.2) is 28.8 Å². The maximum absolute atomic E-state index is 12.0. The number of nitrogens with zero attached hydrogens (tertiary/aromatic N) is 2. The number of carbonyl (C=O) groups excluding carboxylic acids is 1. The van der Waals surface area contributed by atoms with Crippen LogP contribution in [0.25, 0.3) is 0 Å². The van der Waals surface area contributed by atoms with Crippen LogP contribution in [0.15, 0.2) is 65.8 Å². The molecule has 3 aromatic rings. The lowest BCUT2D eigenvalue weighted by molar-refractivity contribution is -0.385. The molecule has 0 aliphatic carbocycles. The molecule has 164 valence electrons. The molecular formula is C23H20ClN3O5. The predicted octanol–water partition coefficient (Wildman–Crippen LogP) is 4.38. The van der Waals surface area contributed by atoms with E-state index in [1.54, 1.807) is 25.1 Å². The van der Waals surface area contributed by atoms with Gasteiger partial charge in [0.05, 0.1) is 11.1 Å². The number of halogens is 1. The summed E-state index contributed by atoms with van der Waals surface area (Å²) >= 11 is 6.20. The summed E-state index contributed by atoms with van der Waals surface area (Å²) in [6.07, 6.45) is 1.87. The topological polar surface area (TPSA) is 114 Å². The average Bonchev–Trinajstić information content (AvgIpc) is 2.76. The van der Waals surface area contributed by atoms with Gasteiger partial charge in [-0.15, -0.1) is 0 Å². The first-order valence-electron chi connectivity index (χ1n) is 9.58. The number of phenolic OH excluding ortho intramolecular Hbond substituents is 1. The molecule has 3 rings (SSSR count). The lowest BCUT2D eigenvalue weighted by Crippen LogP contribution is -2.24. The Morgan fingerprint density at radius 1 is 1.22 bits per heavy atom. The molecule has 0 saturated heterocycles. The van der Waals surface area contributed by atoms with Gasteiger partial charge in [0.15, 0.2) is 12.4 Å². The summed E-state index contributed by atoms with van der Waals surface area (Å²) in [7, 11) is 0. The van der Waals surface area contributed by atoms with Crippen molar-refractivity contribution in [3.05, 3.63) is 98.1 Å². The monoisotopic (exact) mass is 453 g/mol. The molecule has 3 aromatic carbocycles. The van der Waals surface area contributed by atoms with Crippen molar-refractivity contribution >= 4 is 29.4 Å². The fraction of sp³-hybridized carbons (Fsp3) is 0.130. The van der Waals surface area contributed by atoms with Gasteiger partial charge in [-0.3, -0.25) is 14.9 Å². The van der Waals surface area contributed by atoms with Gasteiger partial charge in [-0.2, -0.15) is 5.10 Å². The number of hydrogen-bond donors (Lipinski definition) is 2. The van der Waals surface area contributed by atoms with Crippen LogP contribution in [0.1, 0.15) is 22.3 Å². The second-order valence-corrected chi connectivity index (χ2v) is 7.38. The summed E-state index contributed by atoms with van der Waals surface area (Å²) in [4.78, 5) is 22.5. The SMILES string of the molecule is Cc1ccc(OCC(=O)NN=Cc2cc(Cc3ccccc3Cl)ccc2O)c([N+](=O)[O-])c1. The standard InChI is InChI=1S/C23H20ClN3O5/c1-15-6-9-22(20(10-15)27(30)31)32-14-23(29)26-25-13-18-12-16(7-8-21(18)28)11-17-4-2-3-5-19(17)24/h2-10,12-13,28H,11,14H2,1H3,(H,26,29). The molecule has 32 heavy (non-hydrogen) atoms. The van der Waals surface area contributed by atoms with Crippen molar-refractivity contribution in [1.29, 1.82) is 0 Å². The minimum absolute atomic E-state index is 0.00237. The van der Waals surface area contributed by atoms with Crippen LogP contribution in [0.2, 0.25) is 5.02 Å². The molecule has 0 atom stereocenters. The number of nitro groups is 1. The number of rotatable bonds is 8. The van der Waals surface area contributed by atoms with Gasteiger partial charge >= 0.3 is 5.69 Å². The van der Waals surface area contributed by atoms with Crippen LogP contribution in [0.4, 0.5) is 5.69 Å². The number of carbonyl (C=O) groups is 1. The van der Waals surface area contributed by atoms with Crippen molar-refractivity contribution < 1.29 is 19.6 Å². The lowest BCUT2D eigenvalue weighted by Gasteiger charge is -2.07. The third-order valence-electron chi connectivity index (χ3n) is 4.51. The van der Waals surface area contributed by atoms with E-state index >= 15 is 0 Å². The van der Waals surface area contributed by atoms with Gasteiger partial charge in [0, 0.05) is 16.7 Å². The largest absolute Gasteiger partial charge is 0.507 e. The Bertz CT molecular complexity index is 1180. The fourth-order valence-corrected chi connectivity index (χ4v) is 3.12. The second kappa shape index (κ2) is 10.4. The first kappa shape index (κ1) is 22.8. The Kier molecular flexibility index (Phi) is 7.41. The normalized spacial score (nSPS) is 10.8. The fourth-order valence-electron chi connectivity index (χ4n) is 2.92. The van der Waals surface area contributed by atoms with E-state index in [-0.39, 0.29) is 17.2 Å². The van der Waals surface area contributed by atoms with Crippen molar-refractivity contribution in [3.8, 4) is 11.5 Å². The smallest absolute Gasteiger partial charge is 0.311 e. The number of aromatic hydroxyl groups is 1. The van der Waals surface area contributed by atoms with Crippen LogP contribution in [0.3, 0.4) is 0 Å². The minimum atomic E-state index is -0.608. The highest BCUT2D eigenvalue weighted by Gasteiger charge is 2.16. The molecule has 0 spiro atoms. The van der Waals surface area contributed by atoms with Crippen LogP contribution < -0.4 is 10.2 Å². The molecule has 0 unspecified atom stereocenters. The van der Waals surface area contributed by atoms with Gasteiger partial charge < -0.3 is 9.84 Å². The minimum Gasteiger partial charge on any atom is -0.507 e. The first-order valence-corrected chi connectivity index (χ1v) is 9.96. The number of phenols is 1. The Balaban J connectivity index is 1.60. The number of hydrazone groups is 1. The van der Waals surface area contributed by atoms with E-state index in [9.17, 15) is 20.0 Å². The molecule has 0 aliphatic rings. The first-order chi connectivity index (χ1) is 15.3.